The standard InChI is InChI=1S/3Al.Pt.9H. The van der Waals surface area contributed by atoms with Crippen molar-refractivity contribution in [2.75, 3.05) is 0 Å². The van der Waals surface area contributed by atoms with E-state index in [1.807, 2.05) is 0 Å². The van der Waals surface area contributed by atoms with E-state index < -0.39 is 0 Å². The summed E-state index contributed by atoms with van der Waals surface area (Å²) in [5.41, 5.74) is 0. The first-order chi connectivity index (χ1) is 0. The van der Waals surface area contributed by atoms with E-state index in [-0.39, 0.29) is 73.1 Å². The van der Waals surface area contributed by atoms with Crippen LogP contribution in [0, 0.1) is 0 Å². The molecule has 0 spiro atoms. The van der Waals surface area contributed by atoms with Crippen LogP contribution in [-0.2, 0) is 21.1 Å². The van der Waals surface area contributed by atoms with Gasteiger partial charge in [-0.25, -0.2) is 0 Å². The van der Waals surface area contributed by atoms with Crippen LogP contribution in [0.2, 0.25) is 0 Å². The first-order valence-corrected chi connectivity index (χ1v) is 0. The minimum Gasteiger partial charge on any atom is 0 e. The molecule has 0 amide bonds. The zero-order valence-electron chi connectivity index (χ0n) is 0.316. The van der Waals surface area contributed by atoms with Crippen LogP contribution in [0.5, 0.6) is 0 Å². The fraction of sp³-hybridized carbons (Fsp3) is 0. The Labute approximate surface area is 72.4 Å². The van der Waals surface area contributed by atoms with Crippen LogP contribution in [0.3, 0.4) is 0 Å². The number of hydrogen-bond donors (Lipinski definition) is 0. The topological polar surface area (TPSA) is 0 Å². The van der Waals surface area contributed by atoms with Crippen molar-refractivity contribution in [2.24, 2.45) is 0 Å². The summed E-state index contributed by atoms with van der Waals surface area (Å²) in [6.07, 6.45) is 0. The van der Waals surface area contributed by atoms with Gasteiger partial charge in [0.25, 0.3) is 0 Å². The molecule has 0 bridgehead atoms. The molecule has 0 aromatic heterocycles. The zero-order chi connectivity index (χ0) is 0. The van der Waals surface area contributed by atoms with E-state index >= 15 is 0 Å². The van der Waals surface area contributed by atoms with Gasteiger partial charge in [0.2, 0.25) is 0 Å². The molecule has 0 N–H and O–H groups in total. The Morgan fingerprint density at radius 1 is 0.500 bits per heavy atom. The van der Waals surface area contributed by atoms with Crippen LogP contribution in [0.15, 0.2) is 0 Å². The van der Waals surface area contributed by atoms with Crippen LogP contribution >= 0.6 is 0 Å². The average Bonchev–Trinajstić information content (AvgIpc) is 0. The van der Waals surface area contributed by atoms with Crippen molar-refractivity contribution < 1.29 is 21.1 Å². The molecule has 0 aromatic carbocycles. The second-order valence-corrected chi connectivity index (χ2v) is 0. The number of rotatable bonds is 0. The smallest absolute Gasteiger partial charge is 0 e. The Morgan fingerprint density at radius 3 is 0.500 bits per heavy atom. The summed E-state index contributed by atoms with van der Waals surface area (Å²) in [5.74, 6) is 0. The molecule has 0 fully saturated rings. The van der Waals surface area contributed by atoms with Crippen LogP contribution in [-0.4, -0.2) is 52.1 Å². The van der Waals surface area contributed by atoms with Crippen LogP contribution in [0.4, 0.5) is 0 Å². The third-order valence-corrected chi connectivity index (χ3v) is 0. The maximum Gasteiger partial charge on any atom is 0.187 e. The summed E-state index contributed by atoms with van der Waals surface area (Å²) >= 11 is 0. The maximum atomic E-state index is 0. The summed E-state index contributed by atoms with van der Waals surface area (Å²) in [7, 11) is 0. The molecule has 0 saturated heterocycles. The molecule has 0 nitrogen and oxygen atoms in total. The molecule has 0 aliphatic carbocycles. The molecule has 0 radical (unpaired) electrons. The normalized spacial score (nSPS) is 0. The van der Waals surface area contributed by atoms with Crippen LogP contribution < -0.4 is 0 Å². The Bertz CT molecular complexity index is 3.25. The first kappa shape index (κ1) is 33.6. The predicted octanol–water partition coefficient (Wildman–Crippen LogP) is -3.55. The molecule has 28 valence electrons. The molecule has 0 aliphatic rings. The van der Waals surface area contributed by atoms with Gasteiger partial charge in [0.1, 0.15) is 0 Å². The van der Waals surface area contributed by atoms with Crippen molar-refractivity contribution in [1.29, 1.82) is 0 Å². The Morgan fingerprint density at radius 2 is 0.500 bits per heavy atom. The van der Waals surface area contributed by atoms with Crippen molar-refractivity contribution in [1.82, 2.24) is 0 Å². The van der Waals surface area contributed by atoms with Gasteiger partial charge < -0.3 is 0 Å². The van der Waals surface area contributed by atoms with Crippen molar-refractivity contribution >= 4 is 52.1 Å². The van der Waals surface area contributed by atoms with Gasteiger partial charge in [0.15, 0.2) is 52.1 Å². The van der Waals surface area contributed by atoms with E-state index in [0.717, 1.165) is 0 Å². The minimum atomic E-state index is 0. The molecule has 4 heavy (non-hydrogen) atoms. The summed E-state index contributed by atoms with van der Waals surface area (Å²) < 4.78 is 0. The van der Waals surface area contributed by atoms with E-state index in [4.69, 9.17) is 0 Å². The monoisotopic (exact) mass is 285 g/mol. The maximum absolute atomic E-state index is 0. The average molecular weight is 285 g/mol. The van der Waals surface area contributed by atoms with Crippen molar-refractivity contribution in [3.05, 3.63) is 0 Å². The van der Waals surface area contributed by atoms with E-state index in [1.165, 1.54) is 0 Å². The molecular weight excluding hydrogens is 276 g/mol. The molecule has 0 aromatic rings. The summed E-state index contributed by atoms with van der Waals surface area (Å²) in [6, 6.07) is 0. The Kier molecular flexibility index (Phi) is 156. The van der Waals surface area contributed by atoms with Gasteiger partial charge in [-0.3, -0.25) is 0 Å². The van der Waals surface area contributed by atoms with Crippen molar-refractivity contribution in [2.45, 2.75) is 0 Å². The molecule has 0 rings (SSSR count). The Balaban J connectivity index is 0. The second-order valence-electron chi connectivity index (χ2n) is 0. The first-order valence-electron chi connectivity index (χ1n) is 0. The fourth-order valence-corrected chi connectivity index (χ4v) is 0. The molecule has 0 heterocycles. The van der Waals surface area contributed by atoms with Gasteiger partial charge in [-0.1, -0.05) is 0 Å². The largest absolute Gasteiger partial charge is 0.187 e. The van der Waals surface area contributed by atoms with Gasteiger partial charge in [0.05, 0.1) is 0 Å². The quantitative estimate of drug-likeness (QED) is 0.404. The molecule has 0 aliphatic heterocycles. The van der Waals surface area contributed by atoms with Gasteiger partial charge in [-0.2, -0.15) is 0 Å². The predicted molar refractivity (Wildman–Crippen MR) is 29.8 cm³/mol. The summed E-state index contributed by atoms with van der Waals surface area (Å²) in [5, 5.41) is 0. The van der Waals surface area contributed by atoms with Crippen LogP contribution in [0.25, 0.3) is 0 Å². The second kappa shape index (κ2) is 18.6. The van der Waals surface area contributed by atoms with E-state index in [1.54, 1.807) is 0 Å². The molecule has 0 saturated carbocycles. The summed E-state index contributed by atoms with van der Waals surface area (Å²) in [6.45, 7) is 0. The third kappa shape index (κ3) is 8.86. The van der Waals surface area contributed by atoms with Gasteiger partial charge in [0, 0.05) is 21.1 Å². The van der Waals surface area contributed by atoms with Gasteiger partial charge in [-0.05, 0) is 0 Å². The van der Waals surface area contributed by atoms with E-state index in [0.29, 0.717) is 0 Å². The fourth-order valence-electron chi connectivity index (χ4n) is 0. The van der Waals surface area contributed by atoms with Crippen LogP contribution in [0.1, 0.15) is 0 Å². The Hall–Kier alpha value is 2.29. The third-order valence-electron chi connectivity index (χ3n) is 0. The molecule has 0 atom stereocenters. The zero-order valence-corrected chi connectivity index (χ0v) is 2.59. The molecule has 0 unspecified atom stereocenters. The minimum absolute atomic E-state index is 0. The summed E-state index contributed by atoms with van der Waals surface area (Å²) in [4.78, 5) is 0. The van der Waals surface area contributed by atoms with E-state index in [2.05, 4.69) is 0 Å². The van der Waals surface area contributed by atoms with Crippen molar-refractivity contribution in [3.8, 4) is 0 Å². The van der Waals surface area contributed by atoms with E-state index in [9.17, 15) is 0 Å². The molecule has 4 heteroatoms. The number of hydrogen-bond acceptors (Lipinski definition) is 0. The molecular formula is H9Al3Pt. The van der Waals surface area contributed by atoms with Gasteiger partial charge >= 0.3 is 0 Å². The SMILES string of the molecule is [AlH3].[AlH3].[AlH3].[Pt]. The van der Waals surface area contributed by atoms with Gasteiger partial charge in [-0.15, -0.1) is 0 Å². The van der Waals surface area contributed by atoms with Crippen molar-refractivity contribution in [3.63, 3.8) is 0 Å².